The van der Waals surface area contributed by atoms with Crippen LogP contribution in [0, 0.1) is 13.8 Å². The maximum atomic E-state index is 12.6. The van der Waals surface area contributed by atoms with E-state index in [0.717, 1.165) is 21.9 Å². The van der Waals surface area contributed by atoms with Crippen molar-refractivity contribution >= 4 is 27.8 Å². The lowest BCUT2D eigenvalue weighted by Crippen LogP contribution is -2.27. The van der Waals surface area contributed by atoms with Gasteiger partial charge in [0.2, 0.25) is 5.91 Å². The van der Waals surface area contributed by atoms with Crippen LogP contribution in [-0.2, 0) is 23.2 Å². The van der Waals surface area contributed by atoms with E-state index in [0.29, 0.717) is 28.1 Å². The van der Waals surface area contributed by atoms with Gasteiger partial charge in [-0.3, -0.25) is 4.79 Å². The second-order valence-electron chi connectivity index (χ2n) is 8.70. The summed E-state index contributed by atoms with van der Waals surface area (Å²) in [5, 5.41) is 4.53. The van der Waals surface area contributed by atoms with Crippen LogP contribution in [-0.4, -0.2) is 5.91 Å². The summed E-state index contributed by atoms with van der Waals surface area (Å²) in [5.74, 6) is 0.368. The molecule has 4 aromatic rings. The Hall–Kier alpha value is -3.28. The molecule has 1 N–H and O–H groups in total. The van der Waals surface area contributed by atoms with Crippen molar-refractivity contribution in [2.24, 2.45) is 0 Å². The molecule has 0 aliphatic heterocycles. The third-order valence-corrected chi connectivity index (χ3v) is 5.47. The van der Waals surface area contributed by atoms with Crippen molar-refractivity contribution in [3.05, 3.63) is 69.2 Å². The Bertz CT molecular complexity index is 1300. The Morgan fingerprint density at radius 1 is 1.13 bits per heavy atom. The highest BCUT2D eigenvalue weighted by Crippen LogP contribution is 2.38. The summed E-state index contributed by atoms with van der Waals surface area (Å²) in [7, 11) is 0. The van der Waals surface area contributed by atoms with Crippen molar-refractivity contribution in [3.8, 4) is 0 Å². The van der Waals surface area contributed by atoms with Crippen LogP contribution in [0.15, 0.2) is 48.8 Å². The lowest BCUT2D eigenvalue weighted by Gasteiger charge is -2.17. The van der Waals surface area contributed by atoms with Gasteiger partial charge in [0.25, 0.3) is 0 Å². The Morgan fingerprint density at radius 3 is 2.57 bits per heavy atom. The normalized spacial score (nSPS) is 12.0. The van der Waals surface area contributed by atoms with Crippen LogP contribution >= 0.6 is 0 Å². The van der Waals surface area contributed by atoms with Gasteiger partial charge in [-0.2, -0.15) is 0 Å². The molecule has 0 unspecified atom stereocenters. The molecule has 0 aliphatic rings. The van der Waals surface area contributed by atoms with E-state index < -0.39 is 5.63 Å². The number of nitrogens with one attached hydrogen (secondary N) is 1. The first kappa shape index (κ1) is 20.0. The minimum atomic E-state index is -0.505. The fourth-order valence-corrected chi connectivity index (χ4v) is 3.87. The van der Waals surface area contributed by atoms with Gasteiger partial charge in [-0.15, -0.1) is 0 Å². The van der Waals surface area contributed by atoms with Crippen LogP contribution in [0.1, 0.15) is 48.8 Å². The molecule has 0 fully saturated rings. The van der Waals surface area contributed by atoms with E-state index in [2.05, 4.69) is 26.1 Å². The molecule has 0 aliphatic carbocycles. The number of furan rings is 2. The molecule has 0 radical (unpaired) electrons. The van der Waals surface area contributed by atoms with Gasteiger partial charge in [0.15, 0.2) is 0 Å². The summed E-state index contributed by atoms with van der Waals surface area (Å²) in [6, 6.07) is 5.41. The summed E-state index contributed by atoms with van der Waals surface area (Å²) >= 11 is 0. The zero-order valence-corrected chi connectivity index (χ0v) is 17.8. The quantitative estimate of drug-likeness (QED) is 0.486. The standard InChI is InChI=1S/C24H25NO5/c1-13-9-18-21(22-20(13)17(12-29-22)24(3,4)5)14(2)16(23(27)30-18)10-19(26)25-11-15-7-6-8-28-15/h6-9,12H,10-11H2,1-5H3,(H,25,26). The van der Waals surface area contributed by atoms with Gasteiger partial charge in [0.1, 0.15) is 16.9 Å². The fourth-order valence-electron chi connectivity index (χ4n) is 3.87. The number of hydrogen-bond acceptors (Lipinski definition) is 5. The van der Waals surface area contributed by atoms with Gasteiger partial charge >= 0.3 is 5.63 Å². The van der Waals surface area contributed by atoms with Crippen molar-refractivity contribution in [2.75, 3.05) is 0 Å². The zero-order valence-electron chi connectivity index (χ0n) is 17.8. The van der Waals surface area contributed by atoms with Gasteiger partial charge in [0.05, 0.1) is 36.4 Å². The minimum Gasteiger partial charge on any atom is -0.467 e. The van der Waals surface area contributed by atoms with E-state index in [1.54, 1.807) is 24.7 Å². The number of rotatable bonds is 4. The summed E-state index contributed by atoms with van der Waals surface area (Å²) < 4.78 is 16.8. The summed E-state index contributed by atoms with van der Waals surface area (Å²) in [6.45, 7) is 10.5. The highest BCUT2D eigenvalue weighted by molar-refractivity contribution is 6.07. The second-order valence-corrected chi connectivity index (χ2v) is 8.70. The number of carbonyl (C=O) groups excluding carboxylic acids is 1. The van der Waals surface area contributed by atoms with Crippen molar-refractivity contribution in [1.82, 2.24) is 5.32 Å². The first-order valence-corrected chi connectivity index (χ1v) is 9.93. The van der Waals surface area contributed by atoms with Gasteiger partial charge < -0.3 is 18.6 Å². The molecule has 0 atom stereocenters. The number of carbonyl (C=O) groups is 1. The first-order chi connectivity index (χ1) is 14.2. The Morgan fingerprint density at radius 2 is 1.90 bits per heavy atom. The molecule has 0 saturated heterocycles. The molecule has 3 aromatic heterocycles. The van der Waals surface area contributed by atoms with Crippen LogP contribution in [0.25, 0.3) is 21.9 Å². The molecule has 6 nitrogen and oxygen atoms in total. The number of benzene rings is 1. The topological polar surface area (TPSA) is 85.6 Å². The van der Waals surface area contributed by atoms with Crippen LogP contribution in [0.5, 0.6) is 0 Å². The number of aryl methyl sites for hydroxylation is 2. The number of fused-ring (bicyclic) bond motifs is 3. The average molecular weight is 407 g/mol. The Balaban J connectivity index is 1.79. The minimum absolute atomic E-state index is 0.0764. The zero-order chi connectivity index (χ0) is 21.6. The third kappa shape index (κ3) is 3.43. The fraction of sp³-hybridized carbons (Fsp3) is 0.333. The van der Waals surface area contributed by atoms with Crippen molar-refractivity contribution < 1.29 is 18.0 Å². The molecule has 0 spiro atoms. The largest absolute Gasteiger partial charge is 0.467 e. The highest BCUT2D eigenvalue weighted by atomic mass is 16.4. The monoisotopic (exact) mass is 407 g/mol. The van der Waals surface area contributed by atoms with Crippen molar-refractivity contribution in [1.29, 1.82) is 0 Å². The van der Waals surface area contributed by atoms with Gasteiger partial charge in [0, 0.05) is 10.9 Å². The second kappa shape index (κ2) is 7.20. The smallest absolute Gasteiger partial charge is 0.340 e. The molecule has 1 amide bonds. The molecule has 6 heteroatoms. The van der Waals surface area contributed by atoms with E-state index in [-0.39, 0.29) is 24.3 Å². The Kier molecular flexibility index (Phi) is 4.80. The number of hydrogen-bond donors (Lipinski definition) is 1. The first-order valence-electron chi connectivity index (χ1n) is 9.93. The van der Waals surface area contributed by atoms with Crippen molar-refractivity contribution in [3.63, 3.8) is 0 Å². The predicted octanol–water partition coefficient (Wildman–Crippen LogP) is 4.91. The van der Waals surface area contributed by atoms with E-state index >= 15 is 0 Å². The number of amides is 1. The van der Waals surface area contributed by atoms with E-state index in [9.17, 15) is 9.59 Å². The van der Waals surface area contributed by atoms with Gasteiger partial charge in [-0.25, -0.2) is 4.79 Å². The van der Waals surface area contributed by atoms with Crippen LogP contribution in [0.4, 0.5) is 0 Å². The van der Waals surface area contributed by atoms with E-state index in [1.807, 2.05) is 19.9 Å². The third-order valence-electron chi connectivity index (χ3n) is 5.47. The van der Waals surface area contributed by atoms with Crippen LogP contribution in [0.2, 0.25) is 0 Å². The van der Waals surface area contributed by atoms with E-state index in [1.165, 1.54) is 0 Å². The molecule has 4 rings (SSSR count). The predicted molar refractivity (Wildman–Crippen MR) is 115 cm³/mol. The molecule has 30 heavy (non-hydrogen) atoms. The van der Waals surface area contributed by atoms with Crippen molar-refractivity contribution in [2.45, 2.75) is 53.0 Å². The summed E-state index contributed by atoms with van der Waals surface area (Å²) in [5.41, 5.74) is 3.68. The molecule has 0 saturated carbocycles. The molecular weight excluding hydrogens is 382 g/mol. The highest BCUT2D eigenvalue weighted by Gasteiger charge is 2.25. The Labute approximate surface area is 173 Å². The van der Waals surface area contributed by atoms with Gasteiger partial charge in [-0.05, 0) is 48.6 Å². The lowest BCUT2D eigenvalue weighted by atomic mass is 9.85. The van der Waals surface area contributed by atoms with Crippen LogP contribution in [0.3, 0.4) is 0 Å². The van der Waals surface area contributed by atoms with Gasteiger partial charge in [-0.1, -0.05) is 20.8 Å². The summed E-state index contributed by atoms with van der Waals surface area (Å²) in [6.07, 6.45) is 3.25. The molecule has 0 bridgehead atoms. The van der Waals surface area contributed by atoms with E-state index in [4.69, 9.17) is 13.3 Å². The lowest BCUT2D eigenvalue weighted by molar-refractivity contribution is -0.120. The summed E-state index contributed by atoms with van der Waals surface area (Å²) in [4.78, 5) is 25.1. The maximum absolute atomic E-state index is 12.6. The van der Waals surface area contributed by atoms with Crippen LogP contribution < -0.4 is 10.9 Å². The molecule has 156 valence electrons. The molecule has 1 aromatic carbocycles. The molecular formula is C24H25NO5. The SMILES string of the molecule is Cc1cc2oc(=O)c(CC(=O)NCc3ccco3)c(C)c2c2occ(C(C)(C)C)c12. The maximum Gasteiger partial charge on any atom is 0.340 e. The molecule has 3 heterocycles. The average Bonchev–Trinajstić information content (AvgIpc) is 3.32.